The van der Waals surface area contributed by atoms with Gasteiger partial charge in [0.15, 0.2) is 0 Å². The molecule has 13 heavy (non-hydrogen) atoms. The van der Waals surface area contributed by atoms with Crippen LogP contribution in [0.2, 0.25) is 0 Å². The average Bonchev–Trinajstić information content (AvgIpc) is 2.58. The van der Waals surface area contributed by atoms with Gasteiger partial charge in [0.25, 0.3) is 0 Å². The van der Waals surface area contributed by atoms with Crippen LogP contribution in [0.15, 0.2) is 36.7 Å². The van der Waals surface area contributed by atoms with E-state index in [9.17, 15) is 0 Å². The fourth-order valence-electron chi connectivity index (χ4n) is 1.04. The molecule has 4 heteroatoms. The van der Waals surface area contributed by atoms with Gasteiger partial charge in [-0.1, -0.05) is 22.9 Å². The Morgan fingerprint density at radius 1 is 1.23 bits per heavy atom. The van der Waals surface area contributed by atoms with Gasteiger partial charge >= 0.3 is 29.6 Å². The standard InChI is InChI=1S/C9H9N3.Na.H/c1-8-2-4-9(5-3-8)12-7-6-10-11-12;;/h2-7H,1H3;;/q;+1;-1. The maximum Gasteiger partial charge on any atom is 1.00 e. The van der Waals surface area contributed by atoms with E-state index in [1.165, 1.54) is 5.56 Å². The van der Waals surface area contributed by atoms with Crippen LogP contribution in [-0.2, 0) is 0 Å². The third kappa shape index (κ3) is 2.40. The van der Waals surface area contributed by atoms with Crippen molar-refractivity contribution >= 4 is 0 Å². The Hall–Kier alpha value is -0.640. The molecular weight excluding hydrogens is 173 g/mol. The molecule has 0 atom stereocenters. The Kier molecular flexibility index (Phi) is 3.66. The van der Waals surface area contributed by atoms with Crippen molar-refractivity contribution in [3.8, 4) is 5.69 Å². The Morgan fingerprint density at radius 3 is 2.46 bits per heavy atom. The van der Waals surface area contributed by atoms with Gasteiger partial charge in [-0.2, -0.15) is 0 Å². The van der Waals surface area contributed by atoms with Crippen LogP contribution < -0.4 is 29.6 Å². The molecule has 0 saturated carbocycles. The summed E-state index contributed by atoms with van der Waals surface area (Å²) >= 11 is 0. The van der Waals surface area contributed by atoms with Gasteiger partial charge < -0.3 is 1.43 Å². The normalized spacial score (nSPS) is 9.31. The first-order valence-electron chi connectivity index (χ1n) is 3.79. The molecule has 2 aromatic rings. The maximum atomic E-state index is 3.88. The molecule has 0 N–H and O–H groups in total. The van der Waals surface area contributed by atoms with E-state index >= 15 is 0 Å². The fourth-order valence-corrected chi connectivity index (χ4v) is 1.04. The van der Waals surface area contributed by atoms with E-state index in [1.807, 2.05) is 18.3 Å². The molecule has 0 fully saturated rings. The van der Waals surface area contributed by atoms with Crippen LogP contribution in [0.3, 0.4) is 0 Å². The molecule has 0 saturated heterocycles. The molecule has 1 aromatic heterocycles. The summed E-state index contributed by atoms with van der Waals surface area (Å²) in [5, 5.41) is 7.62. The number of aromatic nitrogens is 3. The molecule has 0 aliphatic rings. The summed E-state index contributed by atoms with van der Waals surface area (Å²) in [5.74, 6) is 0. The van der Waals surface area contributed by atoms with Gasteiger partial charge in [0.05, 0.1) is 18.1 Å². The molecule has 1 heterocycles. The van der Waals surface area contributed by atoms with Crippen molar-refractivity contribution in [1.82, 2.24) is 15.0 Å². The molecule has 0 unspecified atom stereocenters. The molecule has 0 aliphatic carbocycles. The zero-order valence-corrected chi connectivity index (χ0v) is 9.81. The smallest absolute Gasteiger partial charge is 1.00 e. The van der Waals surface area contributed by atoms with Crippen LogP contribution in [0.25, 0.3) is 5.69 Å². The number of hydrogen-bond acceptors (Lipinski definition) is 2. The minimum absolute atomic E-state index is 0. The Labute approximate surface area is 101 Å². The Balaban J connectivity index is 0.000000845. The topological polar surface area (TPSA) is 30.7 Å². The van der Waals surface area contributed by atoms with E-state index in [-0.39, 0.29) is 31.0 Å². The van der Waals surface area contributed by atoms with Crippen LogP contribution >= 0.6 is 0 Å². The van der Waals surface area contributed by atoms with E-state index < -0.39 is 0 Å². The number of hydrogen-bond donors (Lipinski definition) is 0. The van der Waals surface area contributed by atoms with Crippen molar-refractivity contribution in [2.75, 3.05) is 0 Å². The number of nitrogens with zero attached hydrogens (tertiary/aromatic N) is 3. The van der Waals surface area contributed by atoms with Crippen molar-refractivity contribution in [3.63, 3.8) is 0 Å². The summed E-state index contributed by atoms with van der Waals surface area (Å²) < 4.78 is 1.74. The van der Waals surface area contributed by atoms with Gasteiger partial charge in [-0.15, -0.1) is 5.10 Å². The summed E-state index contributed by atoms with van der Waals surface area (Å²) in [5.41, 5.74) is 2.29. The van der Waals surface area contributed by atoms with Gasteiger partial charge in [-0.3, -0.25) is 0 Å². The second-order valence-corrected chi connectivity index (χ2v) is 2.68. The third-order valence-corrected chi connectivity index (χ3v) is 1.72. The molecule has 0 bridgehead atoms. The predicted molar refractivity (Wildman–Crippen MR) is 47.2 cm³/mol. The zero-order chi connectivity index (χ0) is 8.39. The van der Waals surface area contributed by atoms with Crippen molar-refractivity contribution in [2.24, 2.45) is 0 Å². The minimum Gasteiger partial charge on any atom is -1.00 e. The SMILES string of the molecule is Cc1ccc(-n2ccnn2)cc1.[H-].[Na+]. The van der Waals surface area contributed by atoms with E-state index in [1.54, 1.807) is 10.9 Å². The summed E-state index contributed by atoms with van der Waals surface area (Å²) in [6.45, 7) is 2.06. The predicted octanol–water partition coefficient (Wildman–Crippen LogP) is -1.31. The van der Waals surface area contributed by atoms with Crippen molar-refractivity contribution in [1.29, 1.82) is 0 Å². The molecule has 0 spiro atoms. The monoisotopic (exact) mass is 183 g/mol. The molecular formula is C9H10N3Na. The van der Waals surface area contributed by atoms with Crippen molar-refractivity contribution in [3.05, 3.63) is 42.2 Å². The minimum atomic E-state index is 0. The van der Waals surface area contributed by atoms with Gasteiger partial charge in [-0.05, 0) is 19.1 Å². The number of aryl methyl sites for hydroxylation is 1. The first kappa shape index (κ1) is 10.4. The van der Waals surface area contributed by atoms with E-state index in [0.717, 1.165) is 5.69 Å². The van der Waals surface area contributed by atoms with Gasteiger partial charge in [0.1, 0.15) is 0 Å². The van der Waals surface area contributed by atoms with Gasteiger partial charge in [0.2, 0.25) is 0 Å². The maximum absolute atomic E-state index is 3.88. The largest absolute Gasteiger partial charge is 1.00 e. The third-order valence-electron chi connectivity index (χ3n) is 1.72. The zero-order valence-electron chi connectivity index (χ0n) is 8.81. The van der Waals surface area contributed by atoms with Crippen LogP contribution in [-0.4, -0.2) is 15.0 Å². The van der Waals surface area contributed by atoms with Crippen LogP contribution in [0.4, 0.5) is 0 Å². The molecule has 0 amide bonds. The van der Waals surface area contributed by atoms with E-state index in [0.29, 0.717) is 0 Å². The molecule has 2 rings (SSSR count). The first-order valence-corrected chi connectivity index (χ1v) is 3.79. The second kappa shape index (κ2) is 4.56. The molecule has 0 aliphatic heterocycles. The van der Waals surface area contributed by atoms with Gasteiger partial charge in [-0.25, -0.2) is 4.68 Å². The summed E-state index contributed by atoms with van der Waals surface area (Å²) in [4.78, 5) is 0. The van der Waals surface area contributed by atoms with Crippen molar-refractivity contribution in [2.45, 2.75) is 6.92 Å². The molecule has 3 nitrogen and oxygen atoms in total. The van der Waals surface area contributed by atoms with Gasteiger partial charge in [0, 0.05) is 0 Å². The second-order valence-electron chi connectivity index (χ2n) is 2.68. The summed E-state index contributed by atoms with van der Waals surface area (Å²) in [6, 6.07) is 8.14. The van der Waals surface area contributed by atoms with E-state index in [2.05, 4.69) is 29.4 Å². The van der Waals surface area contributed by atoms with Crippen LogP contribution in [0.5, 0.6) is 0 Å². The van der Waals surface area contributed by atoms with Crippen molar-refractivity contribution < 1.29 is 31.0 Å². The Morgan fingerprint density at radius 2 is 1.92 bits per heavy atom. The van der Waals surface area contributed by atoms with Crippen LogP contribution in [0, 0.1) is 6.92 Å². The quantitative estimate of drug-likeness (QED) is 0.514. The molecule has 0 radical (unpaired) electrons. The van der Waals surface area contributed by atoms with Crippen LogP contribution in [0.1, 0.15) is 6.99 Å². The number of benzene rings is 1. The average molecular weight is 183 g/mol. The molecule has 62 valence electrons. The fraction of sp³-hybridized carbons (Fsp3) is 0.111. The number of rotatable bonds is 1. The molecule has 1 aromatic carbocycles. The summed E-state index contributed by atoms with van der Waals surface area (Å²) in [6.07, 6.45) is 3.49. The first-order chi connectivity index (χ1) is 5.86. The summed E-state index contributed by atoms with van der Waals surface area (Å²) in [7, 11) is 0. The van der Waals surface area contributed by atoms with E-state index in [4.69, 9.17) is 0 Å². The Bertz CT molecular complexity index is 358.